The standard InChI is InChI=1S/2Bi.Te2.Te/c;;1-2;. The SMILES string of the molecule is [Bi].[Bi].[Te].[Te]=[Te]. The third kappa shape index (κ3) is 17.9. The van der Waals surface area contributed by atoms with E-state index in [1.54, 1.807) is 0 Å². The van der Waals surface area contributed by atoms with Crippen molar-refractivity contribution in [3.63, 3.8) is 0 Å². The van der Waals surface area contributed by atoms with Crippen molar-refractivity contribution in [3.05, 3.63) is 0 Å². The zero-order chi connectivity index (χ0) is 2.00. The molecule has 0 nitrogen and oxygen atoms in total. The van der Waals surface area contributed by atoms with Crippen molar-refractivity contribution in [1.82, 2.24) is 0 Å². The first kappa shape index (κ1) is 22.9. The van der Waals surface area contributed by atoms with E-state index in [2.05, 4.69) is 0 Å². The maximum atomic E-state index is 1.96. The summed E-state index contributed by atoms with van der Waals surface area (Å²) in [5.41, 5.74) is 0. The molecular weight excluding hydrogens is 801 g/mol. The van der Waals surface area contributed by atoms with Gasteiger partial charge in [-0.1, -0.05) is 0 Å². The van der Waals surface area contributed by atoms with Gasteiger partial charge < -0.3 is 0 Å². The summed E-state index contributed by atoms with van der Waals surface area (Å²) in [6.45, 7) is 0. The van der Waals surface area contributed by atoms with Crippen molar-refractivity contribution in [2.45, 2.75) is 0 Å². The summed E-state index contributed by atoms with van der Waals surface area (Å²) >= 11 is 3.92. The topological polar surface area (TPSA) is 0 Å². The Morgan fingerprint density at radius 3 is 0.800 bits per heavy atom. The molecule has 0 aromatic heterocycles. The Labute approximate surface area is 109 Å². The fourth-order valence-corrected chi connectivity index (χ4v) is 0. The summed E-state index contributed by atoms with van der Waals surface area (Å²) in [5.74, 6) is 0. The molecule has 5 heteroatoms. The Kier molecular flexibility index (Phi) is 111. The van der Waals surface area contributed by atoms with Crippen LogP contribution in [0.25, 0.3) is 0 Å². The molecule has 0 fully saturated rings. The molecule has 0 aromatic rings. The molecule has 0 unspecified atom stereocenters. The number of hydrogen-bond acceptors (Lipinski definition) is 0. The number of hydrogen-bond donors (Lipinski definition) is 0. The Bertz CT molecular complexity index is 4.85. The molecule has 0 saturated carbocycles. The molecule has 0 bridgehead atoms. The van der Waals surface area contributed by atoms with E-state index in [9.17, 15) is 0 Å². The molecule has 0 N–H and O–H groups in total. The van der Waals surface area contributed by atoms with Crippen LogP contribution in [-0.2, 0) is 0 Å². The van der Waals surface area contributed by atoms with Gasteiger partial charge in [0, 0.05) is 76.1 Å². The fourth-order valence-electron chi connectivity index (χ4n) is 0. The van der Waals surface area contributed by atoms with Crippen LogP contribution in [0, 0.1) is 0 Å². The minimum absolute atomic E-state index is 0. The molecule has 0 aliphatic rings. The van der Waals surface area contributed by atoms with Crippen molar-refractivity contribution in [2.24, 2.45) is 0 Å². The normalized spacial score (nSPS) is 0.800. The van der Waals surface area contributed by atoms with E-state index < -0.39 is 0 Å². The van der Waals surface area contributed by atoms with Crippen LogP contribution < -0.4 is 0 Å². The second-order valence-corrected chi connectivity index (χ2v) is 0. The van der Waals surface area contributed by atoms with Gasteiger partial charge in [-0.3, -0.25) is 0 Å². The maximum absolute atomic E-state index is 1.96. The van der Waals surface area contributed by atoms with Gasteiger partial charge in [0.25, 0.3) is 0 Å². The Hall–Kier alpha value is 4.14. The average Bonchev–Trinajstić information content (AvgIpc) is 1.00. The van der Waals surface area contributed by atoms with E-state index in [0.717, 1.165) is 0 Å². The molecular formula is Bi2Te3. The second-order valence-electron chi connectivity index (χ2n) is 0. The summed E-state index contributed by atoms with van der Waals surface area (Å²) in [5, 5.41) is 0. The molecule has 0 amide bonds. The Morgan fingerprint density at radius 1 is 0.800 bits per heavy atom. The summed E-state index contributed by atoms with van der Waals surface area (Å²) < 4.78 is 0. The van der Waals surface area contributed by atoms with Crippen molar-refractivity contribution in [1.29, 1.82) is 0 Å². The molecule has 5 heavy (non-hydrogen) atoms. The molecule has 0 spiro atoms. The van der Waals surface area contributed by atoms with Gasteiger partial charge in [-0.05, 0) is 0 Å². The summed E-state index contributed by atoms with van der Waals surface area (Å²) in [6, 6.07) is 0. The van der Waals surface area contributed by atoms with E-state index >= 15 is 0 Å². The monoisotopic (exact) mass is 808 g/mol. The molecule has 0 atom stereocenters. The van der Waals surface area contributed by atoms with Crippen molar-refractivity contribution >= 4 is 112 Å². The Balaban J connectivity index is -0.00000000167. The van der Waals surface area contributed by atoms with Crippen LogP contribution in [0.3, 0.4) is 0 Å². The van der Waals surface area contributed by atoms with E-state index in [1.807, 2.05) is 35.6 Å². The van der Waals surface area contributed by atoms with Gasteiger partial charge in [-0.25, -0.2) is 0 Å². The minimum atomic E-state index is 0. The third-order valence-electron chi connectivity index (χ3n) is 0. The first-order valence-corrected chi connectivity index (χ1v) is 7.50. The molecule has 0 heterocycles. The van der Waals surface area contributed by atoms with Gasteiger partial charge in [-0.15, -0.1) is 0 Å². The first-order chi connectivity index (χ1) is 1.00. The van der Waals surface area contributed by atoms with Gasteiger partial charge >= 0.3 is 35.6 Å². The van der Waals surface area contributed by atoms with E-state index in [-0.39, 0.29) is 76.1 Å². The van der Waals surface area contributed by atoms with Crippen molar-refractivity contribution in [3.8, 4) is 0 Å². The van der Waals surface area contributed by atoms with Crippen LogP contribution in [0.4, 0.5) is 0 Å². The Morgan fingerprint density at radius 2 is 0.800 bits per heavy atom. The molecule has 0 aliphatic carbocycles. The van der Waals surface area contributed by atoms with Gasteiger partial charge in [-0.2, -0.15) is 0 Å². The van der Waals surface area contributed by atoms with Crippen molar-refractivity contribution < 1.29 is 0 Å². The second kappa shape index (κ2) is 24.2. The molecule has 28 valence electrons. The van der Waals surface area contributed by atoms with Gasteiger partial charge in [0.1, 0.15) is 0 Å². The van der Waals surface area contributed by atoms with Gasteiger partial charge in [0.05, 0.1) is 0 Å². The van der Waals surface area contributed by atoms with E-state index in [1.165, 1.54) is 0 Å². The predicted octanol–water partition coefficient (Wildman–Crippen LogP) is -1.90. The molecule has 8 radical (unpaired) electrons. The summed E-state index contributed by atoms with van der Waals surface area (Å²) in [6.07, 6.45) is 0. The van der Waals surface area contributed by atoms with Gasteiger partial charge in [0.15, 0.2) is 0 Å². The summed E-state index contributed by atoms with van der Waals surface area (Å²) in [7, 11) is 0. The van der Waals surface area contributed by atoms with Crippen LogP contribution >= 0.6 is 0 Å². The molecule has 0 aromatic carbocycles. The third-order valence-corrected chi connectivity index (χ3v) is 0. The predicted molar refractivity (Wildman–Crippen MR) is 28.8 cm³/mol. The van der Waals surface area contributed by atoms with Crippen LogP contribution in [0.1, 0.15) is 0 Å². The zero-order valence-electron chi connectivity index (χ0n) is 2.12. The van der Waals surface area contributed by atoms with Crippen LogP contribution in [0.2, 0.25) is 0 Å². The van der Waals surface area contributed by atoms with Crippen LogP contribution in [0.5, 0.6) is 0 Å². The molecule has 0 saturated heterocycles. The van der Waals surface area contributed by atoms with Crippen molar-refractivity contribution in [2.75, 3.05) is 0 Å². The van der Waals surface area contributed by atoms with Crippen LogP contribution in [0.15, 0.2) is 0 Å². The number of rotatable bonds is 0. The quantitative estimate of drug-likeness (QED) is 0.252. The zero-order valence-corrected chi connectivity index (χ0v) is 16.1. The van der Waals surface area contributed by atoms with E-state index in [4.69, 9.17) is 0 Å². The average molecular weight is 801 g/mol. The fraction of sp³-hybridized carbons (Fsp3) is 0. The van der Waals surface area contributed by atoms with Crippen LogP contribution in [-0.4, -0.2) is 112 Å². The summed E-state index contributed by atoms with van der Waals surface area (Å²) in [4.78, 5) is 0. The first-order valence-electron chi connectivity index (χ1n) is 0.167. The molecule has 0 rings (SSSR count). The van der Waals surface area contributed by atoms with E-state index in [0.29, 0.717) is 0 Å². The van der Waals surface area contributed by atoms with Gasteiger partial charge in [0.2, 0.25) is 0 Å². The molecule has 0 aliphatic heterocycles.